The highest BCUT2D eigenvalue weighted by Crippen LogP contribution is 2.36. The van der Waals surface area contributed by atoms with Gasteiger partial charge in [-0.2, -0.15) is 0 Å². The number of aliphatic hydroxyl groups is 1. The van der Waals surface area contributed by atoms with Gasteiger partial charge in [0.15, 0.2) is 0 Å². The average molecular weight is 333 g/mol. The molecular weight excluding hydrogens is 306 g/mol. The molecule has 0 bridgehead atoms. The minimum atomic E-state index is -0.981. The van der Waals surface area contributed by atoms with Gasteiger partial charge < -0.3 is 14.9 Å². The van der Waals surface area contributed by atoms with Crippen molar-refractivity contribution in [3.8, 4) is 5.75 Å². The third-order valence-corrected chi connectivity index (χ3v) is 4.85. The van der Waals surface area contributed by atoms with Crippen LogP contribution < -0.4 is 4.74 Å². The minimum absolute atomic E-state index is 0.402. The fourth-order valence-electron chi connectivity index (χ4n) is 3.35. The Hall–Kier alpha value is -1.85. The average Bonchev–Trinajstić information content (AvgIpc) is 2.58. The summed E-state index contributed by atoms with van der Waals surface area (Å²) < 4.78 is 5.13. The van der Waals surface area contributed by atoms with Gasteiger partial charge in [-0.15, -0.1) is 0 Å². The van der Waals surface area contributed by atoms with E-state index in [2.05, 4.69) is 4.90 Å². The van der Waals surface area contributed by atoms with Gasteiger partial charge in [0.2, 0.25) is 0 Å². The van der Waals surface area contributed by atoms with Gasteiger partial charge >= 0.3 is 5.97 Å². The molecular formula is C19H27NO4. The van der Waals surface area contributed by atoms with E-state index in [9.17, 15) is 15.0 Å². The summed E-state index contributed by atoms with van der Waals surface area (Å²) in [5, 5.41) is 19.9. The van der Waals surface area contributed by atoms with Crippen molar-refractivity contribution in [1.29, 1.82) is 0 Å². The highest BCUT2D eigenvalue weighted by Gasteiger charge is 2.47. The molecule has 0 amide bonds. The van der Waals surface area contributed by atoms with Crippen molar-refractivity contribution >= 4 is 12.0 Å². The van der Waals surface area contributed by atoms with E-state index in [1.807, 2.05) is 43.3 Å². The molecule has 5 nitrogen and oxygen atoms in total. The van der Waals surface area contributed by atoms with E-state index in [0.717, 1.165) is 17.7 Å². The van der Waals surface area contributed by atoms with E-state index in [1.165, 1.54) is 0 Å². The van der Waals surface area contributed by atoms with Crippen LogP contribution in [0.2, 0.25) is 0 Å². The number of methoxy groups -OCH3 is 1. The van der Waals surface area contributed by atoms with Crippen molar-refractivity contribution in [2.75, 3.05) is 26.7 Å². The van der Waals surface area contributed by atoms with Crippen LogP contribution in [0.3, 0.4) is 0 Å². The summed E-state index contributed by atoms with van der Waals surface area (Å²) in [5.41, 5.74) is 0.101. The predicted octanol–water partition coefficient (Wildman–Crippen LogP) is 2.65. The van der Waals surface area contributed by atoms with E-state index < -0.39 is 17.5 Å². The summed E-state index contributed by atoms with van der Waals surface area (Å²) >= 11 is 0. The molecule has 0 saturated carbocycles. The number of aliphatic carboxylic acids is 1. The van der Waals surface area contributed by atoms with Crippen LogP contribution in [0.25, 0.3) is 6.08 Å². The summed E-state index contributed by atoms with van der Waals surface area (Å²) in [4.78, 5) is 13.7. The molecule has 2 N–H and O–H groups in total. The van der Waals surface area contributed by atoms with Gasteiger partial charge in [-0.25, -0.2) is 0 Å². The lowest BCUT2D eigenvalue weighted by molar-refractivity contribution is -0.163. The zero-order chi connectivity index (χ0) is 17.6. The van der Waals surface area contributed by atoms with Crippen LogP contribution in [0.4, 0.5) is 0 Å². The smallest absolute Gasteiger partial charge is 0.312 e. The summed E-state index contributed by atoms with van der Waals surface area (Å²) in [6.07, 6.45) is 5.03. The van der Waals surface area contributed by atoms with Crippen LogP contribution in [-0.4, -0.2) is 53.9 Å². The maximum absolute atomic E-state index is 11.6. The number of hydrogen-bond acceptors (Lipinski definition) is 4. The first-order valence-electron chi connectivity index (χ1n) is 8.46. The Morgan fingerprint density at radius 2 is 2.12 bits per heavy atom. The lowest BCUT2D eigenvalue weighted by atomic mass is 9.73. The van der Waals surface area contributed by atoms with Gasteiger partial charge in [-0.05, 0) is 37.1 Å². The maximum atomic E-state index is 11.6. The standard InChI is InChI=1S/C19H27NO4/c1-3-10-19(18(22)23)11-13-20(14-17(19)21)12-4-5-15-6-8-16(24-2)9-7-15/h4-9,17,21H,3,10-14H2,1-2H3,(H,22,23)/b5-4+/t17-,19-/m0/s1. The van der Waals surface area contributed by atoms with E-state index in [4.69, 9.17) is 4.74 Å². The number of piperidine rings is 1. The molecule has 0 aliphatic carbocycles. The number of hydrogen-bond donors (Lipinski definition) is 2. The van der Waals surface area contributed by atoms with Gasteiger partial charge in [-0.3, -0.25) is 9.69 Å². The molecule has 132 valence electrons. The molecule has 1 heterocycles. The second-order valence-electron chi connectivity index (χ2n) is 6.41. The number of carboxylic acid groups (broad SMARTS) is 1. The Kier molecular flexibility index (Phi) is 6.40. The Labute approximate surface area is 143 Å². The van der Waals surface area contributed by atoms with Crippen LogP contribution in [0, 0.1) is 5.41 Å². The quantitative estimate of drug-likeness (QED) is 0.803. The van der Waals surface area contributed by atoms with Gasteiger partial charge in [-0.1, -0.05) is 37.6 Å². The van der Waals surface area contributed by atoms with Crippen molar-refractivity contribution < 1.29 is 19.7 Å². The fraction of sp³-hybridized carbons (Fsp3) is 0.526. The topological polar surface area (TPSA) is 70.0 Å². The first-order chi connectivity index (χ1) is 11.5. The Balaban J connectivity index is 1.91. The molecule has 0 unspecified atom stereocenters. The van der Waals surface area contributed by atoms with Crippen LogP contribution in [0.1, 0.15) is 31.7 Å². The second kappa shape index (κ2) is 8.31. The highest BCUT2D eigenvalue weighted by molar-refractivity contribution is 5.75. The third-order valence-electron chi connectivity index (χ3n) is 4.85. The molecule has 5 heteroatoms. The molecule has 1 aromatic carbocycles. The van der Waals surface area contributed by atoms with Crippen molar-refractivity contribution in [3.05, 3.63) is 35.9 Å². The predicted molar refractivity (Wildman–Crippen MR) is 94.1 cm³/mol. The number of nitrogens with zero attached hydrogens (tertiary/aromatic N) is 1. The number of carboxylic acids is 1. The number of likely N-dealkylation sites (tertiary alicyclic amines) is 1. The van der Waals surface area contributed by atoms with Gasteiger partial charge in [0.25, 0.3) is 0 Å². The molecule has 24 heavy (non-hydrogen) atoms. The number of ether oxygens (including phenoxy) is 1. The summed E-state index contributed by atoms with van der Waals surface area (Å²) in [6.45, 7) is 3.75. The molecule has 1 saturated heterocycles. The molecule has 0 radical (unpaired) electrons. The van der Waals surface area contributed by atoms with Crippen molar-refractivity contribution in [3.63, 3.8) is 0 Å². The SMILES string of the molecule is CCC[C@]1(C(=O)O)CCN(C/C=C/c2ccc(OC)cc2)C[C@@H]1O. The minimum Gasteiger partial charge on any atom is -0.497 e. The molecule has 0 spiro atoms. The van der Waals surface area contributed by atoms with Crippen LogP contribution in [0.15, 0.2) is 30.3 Å². The second-order valence-corrected chi connectivity index (χ2v) is 6.41. The Bertz CT molecular complexity index is 569. The van der Waals surface area contributed by atoms with E-state index in [0.29, 0.717) is 32.5 Å². The zero-order valence-electron chi connectivity index (χ0n) is 14.4. The Morgan fingerprint density at radius 1 is 1.42 bits per heavy atom. The largest absolute Gasteiger partial charge is 0.497 e. The van der Waals surface area contributed by atoms with Crippen molar-refractivity contribution in [2.45, 2.75) is 32.3 Å². The third kappa shape index (κ3) is 4.16. The van der Waals surface area contributed by atoms with E-state index in [1.54, 1.807) is 7.11 Å². The summed E-state index contributed by atoms with van der Waals surface area (Å²) in [6, 6.07) is 7.79. The van der Waals surface area contributed by atoms with Gasteiger partial charge in [0.05, 0.1) is 18.6 Å². The molecule has 1 aliphatic rings. The number of β-amino-alcohol motifs (C(OH)–C–C–N with tert-alkyl or cyclic N) is 1. The lowest BCUT2D eigenvalue weighted by Gasteiger charge is -2.42. The zero-order valence-corrected chi connectivity index (χ0v) is 14.4. The molecule has 2 rings (SSSR count). The lowest BCUT2D eigenvalue weighted by Crippen LogP contribution is -2.54. The van der Waals surface area contributed by atoms with E-state index in [-0.39, 0.29) is 0 Å². The summed E-state index contributed by atoms with van der Waals surface area (Å²) in [5.74, 6) is -0.0440. The normalized spacial score (nSPS) is 25.0. The molecule has 2 atom stereocenters. The summed E-state index contributed by atoms with van der Waals surface area (Å²) in [7, 11) is 1.64. The highest BCUT2D eigenvalue weighted by atomic mass is 16.5. The fourth-order valence-corrected chi connectivity index (χ4v) is 3.35. The maximum Gasteiger partial charge on any atom is 0.312 e. The van der Waals surface area contributed by atoms with Crippen molar-refractivity contribution in [2.24, 2.45) is 5.41 Å². The van der Waals surface area contributed by atoms with Crippen molar-refractivity contribution in [1.82, 2.24) is 4.90 Å². The first kappa shape index (κ1) is 18.5. The Morgan fingerprint density at radius 3 is 2.67 bits per heavy atom. The number of rotatable bonds is 7. The monoisotopic (exact) mass is 333 g/mol. The number of benzene rings is 1. The van der Waals surface area contributed by atoms with Crippen LogP contribution >= 0.6 is 0 Å². The molecule has 1 aliphatic heterocycles. The molecule has 1 aromatic rings. The molecule has 1 fully saturated rings. The van der Waals surface area contributed by atoms with Crippen LogP contribution in [-0.2, 0) is 4.79 Å². The van der Waals surface area contributed by atoms with Crippen LogP contribution in [0.5, 0.6) is 5.75 Å². The first-order valence-corrected chi connectivity index (χ1v) is 8.46. The number of aliphatic hydroxyl groups excluding tert-OH is 1. The number of carbonyl (C=O) groups is 1. The van der Waals surface area contributed by atoms with Gasteiger partial charge in [0, 0.05) is 13.1 Å². The van der Waals surface area contributed by atoms with Gasteiger partial charge in [0.1, 0.15) is 5.75 Å². The van der Waals surface area contributed by atoms with E-state index >= 15 is 0 Å². The molecule has 0 aromatic heterocycles.